The molecule has 5 heteroatoms. The number of carbonyl (C=O) groups excluding carboxylic acids is 1. The molecule has 0 atom stereocenters. The average Bonchev–Trinajstić information content (AvgIpc) is 2.86. The van der Waals surface area contributed by atoms with Crippen molar-refractivity contribution in [1.29, 1.82) is 0 Å². The fourth-order valence-electron chi connectivity index (χ4n) is 1.12. The largest absolute Gasteiger partial charge is 0.354 e. The Morgan fingerprint density at radius 2 is 2.50 bits per heavy atom. The Bertz CT molecular complexity index is 433. The van der Waals surface area contributed by atoms with Crippen LogP contribution >= 0.6 is 11.3 Å². The van der Waals surface area contributed by atoms with Gasteiger partial charge in [-0.15, -0.1) is 11.3 Å². The van der Waals surface area contributed by atoms with E-state index in [1.807, 2.05) is 17.5 Å². The summed E-state index contributed by atoms with van der Waals surface area (Å²) in [5.41, 5.74) is 1.29. The van der Waals surface area contributed by atoms with E-state index in [0.717, 1.165) is 10.6 Å². The maximum Gasteiger partial charge on any atom is 0.271 e. The summed E-state index contributed by atoms with van der Waals surface area (Å²) >= 11 is 1.61. The van der Waals surface area contributed by atoms with Crippen LogP contribution in [0.2, 0.25) is 0 Å². The summed E-state index contributed by atoms with van der Waals surface area (Å²) in [6, 6.07) is 5.68. The van der Waals surface area contributed by atoms with Crippen molar-refractivity contribution in [2.24, 2.45) is 0 Å². The van der Waals surface area contributed by atoms with Gasteiger partial charge in [-0.25, -0.2) is 0 Å². The smallest absolute Gasteiger partial charge is 0.271 e. The molecule has 0 radical (unpaired) electrons. The second-order valence-corrected chi connectivity index (χ2v) is 3.67. The molecule has 0 aromatic carbocycles. The number of aromatic amines is 1. The molecule has 2 N–H and O–H groups in total. The molecule has 2 aromatic rings. The number of carbonyl (C=O) groups is 1. The lowest BCUT2D eigenvalue weighted by atomic mass is 10.3. The van der Waals surface area contributed by atoms with E-state index in [2.05, 4.69) is 15.5 Å². The standard InChI is InChI=1S/C9H9N3OS/c1-10-9(13)7-5-6(11-12-7)8-3-2-4-14-8/h2-5H,1H3,(H,10,13)(H,11,12). The van der Waals surface area contributed by atoms with Gasteiger partial charge in [0.05, 0.1) is 10.6 Å². The Morgan fingerprint density at radius 3 is 3.14 bits per heavy atom. The van der Waals surface area contributed by atoms with Gasteiger partial charge in [0.1, 0.15) is 0 Å². The maximum atomic E-state index is 11.2. The minimum Gasteiger partial charge on any atom is -0.354 e. The molecule has 72 valence electrons. The van der Waals surface area contributed by atoms with E-state index in [1.165, 1.54) is 0 Å². The summed E-state index contributed by atoms with van der Waals surface area (Å²) in [5.74, 6) is -0.177. The number of thiophene rings is 1. The van der Waals surface area contributed by atoms with Gasteiger partial charge in [-0.1, -0.05) is 6.07 Å². The zero-order valence-electron chi connectivity index (χ0n) is 7.57. The van der Waals surface area contributed by atoms with Crippen molar-refractivity contribution >= 4 is 17.2 Å². The maximum absolute atomic E-state index is 11.2. The highest BCUT2D eigenvalue weighted by molar-refractivity contribution is 7.13. The van der Waals surface area contributed by atoms with Crippen molar-refractivity contribution < 1.29 is 4.79 Å². The summed E-state index contributed by atoms with van der Waals surface area (Å²) in [4.78, 5) is 12.3. The molecule has 1 amide bonds. The molecule has 2 rings (SSSR count). The fourth-order valence-corrected chi connectivity index (χ4v) is 1.82. The number of hydrogen-bond donors (Lipinski definition) is 2. The summed E-state index contributed by atoms with van der Waals surface area (Å²) < 4.78 is 0. The number of amides is 1. The molecule has 2 heterocycles. The van der Waals surface area contributed by atoms with Gasteiger partial charge >= 0.3 is 0 Å². The molecular weight excluding hydrogens is 198 g/mol. The minimum atomic E-state index is -0.177. The van der Waals surface area contributed by atoms with Gasteiger partial charge in [0, 0.05) is 7.05 Å². The van der Waals surface area contributed by atoms with Gasteiger partial charge in [-0.05, 0) is 17.5 Å². The van der Waals surface area contributed by atoms with E-state index in [-0.39, 0.29) is 5.91 Å². The summed E-state index contributed by atoms with van der Waals surface area (Å²) in [5, 5.41) is 11.2. The Morgan fingerprint density at radius 1 is 1.64 bits per heavy atom. The normalized spacial score (nSPS) is 10.1. The topological polar surface area (TPSA) is 57.8 Å². The summed E-state index contributed by atoms with van der Waals surface area (Å²) in [6.45, 7) is 0. The van der Waals surface area contributed by atoms with Crippen molar-refractivity contribution in [2.75, 3.05) is 7.05 Å². The molecule has 4 nitrogen and oxygen atoms in total. The Kier molecular flexibility index (Phi) is 2.32. The highest BCUT2D eigenvalue weighted by Gasteiger charge is 2.09. The fraction of sp³-hybridized carbons (Fsp3) is 0.111. The summed E-state index contributed by atoms with van der Waals surface area (Å²) in [6.07, 6.45) is 0. The monoisotopic (exact) mass is 207 g/mol. The van der Waals surface area contributed by atoms with Crippen molar-refractivity contribution in [3.05, 3.63) is 29.3 Å². The van der Waals surface area contributed by atoms with E-state index < -0.39 is 0 Å². The van der Waals surface area contributed by atoms with Crippen LogP contribution in [0.15, 0.2) is 23.6 Å². The van der Waals surface area contributed by atoms with Crippen LogP contribution in [0.3, 0.4) is 0 Å². The molecule has 0 aliphatic carbocycles. The number of aromatic nitrogens is 2. The first-order valence-electron chi connectivity index (χ1n) is 4.12. The zero-order chi connectivity index (χ0) is 9.97. The second-order valence-electron chi connectivity index (χ2n) is 2.72. The molecule has 0 aliphatic rings. The molecule has 0 saturated heterocycles. The average molecular weight is 207 g/mol. The first-order chi connectivity index (χ1) is 6.81. The van der Waals surface area contributed by atoms with Crippen LogP contribution in [0.25, 0.3) is 10.6 Å². The number of nitrogens with one attached hydrogen (secondary N) is 2. The van der Waals surface area contributed by atoms with Crippen LogP contribution in [0.5, 0.6) is 0 Å². The van der Waals surface area contributed by atoms with Crippen LogP contribution < -0.4 is 5.32 Å². The van der Waals surface area contributed by atoms with Gasteiger partial charge in [-0.2, -0.15) is 5.10 Å². The van der Waals surface area contributed by atoms with Gasteiger partial charge in [0.15, 0.2) is 5.69 Å². The zero-order valence-corrected chi connectivity index (χ0v) is 8.39. The number of nitrogens with zero attached hydrogens (tertiary/aromatic N) is 1. The Labute approximate surface area is 85.0 Å². The van der Waals surface area contributed by atoms with E-state index in [9.17, 15) is 4.79 Å². The second kappa shape index (κ2) is 3.63. The van der Waals surface area contributed by atoms with Crippen LogP contribution in [0, 0.1) is 0 Å². The molecule has 2 aromatic heterocycles. The SMILES string of the molecule is CNC(=O)c1cc(-c2cccs2)[nH]n1. The van der Waals surface area contributed by atoms with Crippen molar-refractivity contribution in [2.45, 2.75) is 0 Å². The predicted octanol–water partition coefficient (Wildman–Crippen LogP) is 1.50. The number of rotatable bonds is 2. The van der Waals surface area contributed by atoms with E-state index in [1.54, 1.807) is 24.5 Å². The molecule has 0 aliphatic heterocycles. The molecule has 14 heavy (non-hydrogen) atoms. The van der Waals surface area contributed by atoms with Crippen LogP contribution in [-0.2, 0) is 0 Å². The van der Waals surface area contributed by atoms with Gasteiger partial charge in [-0.3, -0.25) is 9.89 Å². The minimum absolute atomic E-state index is 0.177. The highest BCUT2D eigenvalue weighted by Crippen LogP contribution is 2.22. The van der Waals surface area contributed by atoms with Gasteiger partial charge in [0.2, 0.25) is 0 Å². The molecule has 0 saturated carbocycles. The highest BCUT2D eigenvalue weighted by atomic mass is 32.1. The lowest BCUT2D eigenvalue weighted by molar-refractivity contribution is 0.0958. The molecule has 0 unspecified atom stereocenters. The first-order valence-corrected chi connectivity index (χ1v) is 5.00. The quantitative estimate of drug-likeness (QED) is 0.784. The van der Waals surface area contributed by atoms with E-state index in [0.29, 0.717) is 5.69 Å². The van der Waals surface area contributed by atoms with Crippen LogP contribution in [0.1, 0.15) is 10.5 Å². The van der Waals surface area contributed by atoms with E-state index in [4.69, 9.17) is 0 Å². The van der Waals surface area contributed by atoms with Crippen LogP contribution in [-0.4, -0.2) is 23.2 Å². The van der Waals surface area contributed by atoms with Crippen molar-refractivity contribution in [3.63, 3.8) is 0 Å². The predicted molar refractivity (Wildman–Crippen MR) is 55.3 cm³/mol. The third kappa shape index (κ3) is 1.54. The number of H-pyrrole nitrogens is 1. The molecule has 0 bridgehead atoms. The van der Waals surface area contributed by atoms with Crippen molar-refractivity contribution in [1.82, 2.24) is 15.5 Å². The summed E-state index contributed by atoms with van der Waals surface area (Å²) in [7, 11) is 1.59. The Balaban J connectivity index is 2.31. The Hall–Kier alpha value is -1.62. The first kappa shape index (κ1) is 8.96. The molecule has 0 fully saturated rings. The van der Waals surface area contributed by atoms with Gasteiger partial charge in [0.25, 0.3) is 5.91 Å². The molecular formula is C9H9N3OS. The number of hydrogen-bond acceptors (Lipinski definition) is 3. The third-order valence-corrected chi connectivity index (χ3v) is 2.73. The lowest BCUT2D eigenvalue weighted by Crippen LogP contribution is -2.17. The lowest BCUT2D eigenvalue weighted by Gasteiger charge is -1.90. The van der Waals surface area contributed by atoms with Gasteiger partial charge < -0.3 is 5.32 Å². The van der Waals surface area contributed by atoms with Crippen LogP contribution in [0.4, 0.5) is 0 Å². The van der Waals surface area contributed by atoms with E-state index >= 15 is 0 Å². The van der Waals surface area contributed by atoms with Crippen molar-refractivity contribution in [3.8, 4) is 10.6 Å². The third-order valence-electron chi connectivity index (χ3n) is 1.82. The molecule has 0 spiro atoms.